The van der Waals surface area contributed by atoms with Gasteiger partial charge in [0.1, 0.15) is 0 Å². The van der Waals surface area contributed by atoms with Gasteiger partial charge in [-0.3, -0.25) is 4.79 Å². The fourth-order valence-electron chi connectivity index (χ4n) is 3.64. The van der Waals surface area contributed by atoms with Crippen molar-refractivity contribution in [2.75, 3.05) is 19.6 Å². The quantitative estimate of drug-likeness (QED) is 0.821. The van der Waals surface area contributed by atoms with Gasteiger partial charge in [0.15, 0.2) is 0 Å². The van der Waals surface area contributed by atoms with E-state index in [0.717, 1.165) is 19.3 Å². The van der Waals surface area contributed by atoms with Crippen LogP contribution in [0.4, 0.5) is 0 Å². The second-order valence-corrected chi connectivity index (χ2v) is 7.80. The van der Waals surface area contributed by atoms with Crippen LogP contribution in [0.1, 0.15) is 32.1 Å². The Hall–Kier alpha value is -0.660. The molecule has 0 aromatic heterocycles. The molecule has 2 atom stereocenters. The van der Waals surface area contributed by atoms with E-state index in [1.54, 1.807) is 4.31 Å². The number of piperidine rings is 2. The van der Waals surface area contributed by atoms with Crippen LogP contribution in [0.25, 0.3) is 0 Å². The topological polar surface area (TPSA) is 77.9 Å². The van der Waals surface area contributed by atoms with Crippen LogP contribution in [-0.2, 0) is 15.0 Å². The average Bonchev–Trinajstić information content (AvgIpc) is 3.01. The van der Waals surface area contributed by atoms with Crippen LogP contribution >= 0.6 is 0 Å². The standard InChI is InChI=1S/C12H20N2O4S/c15-12(16)10-3-5-13(6-4-10)19(17,18)14-8-9-1-2-11(14)7-9/h9-11H,1-8H2,(H,15,16). The molecule has 0 spiro atoms. The highest BCUT2D eigenvalue weighted by molar-refractivity contribution is 7.86. The number of rotatable bonds is 3. The molecule has 3 fully saturated rings. The van der Waals surface area contributed by atoms with Crippen LogP contribution in [-0.4, -0.2) is 53.8 Å². The predicted molar refractivity (Wildman–Crippen MR) is 68.7 cm³/mol. The summed E-state index contributed by atoms with van der Waals surface area (Å²) in [6, 6.07) is 0.187. The smallest absolute Gasteiger partial charge is 0.306 e. The zero-order chi connectivity index (χ0) is 13.6. The van der Waals surface area contributed by atoms with Gasteiger partial charge >= 0.3 is 5.97 Å². The Bertz CT molecular complexity index is 470. The van der Waals surface area contributed by atoms with Gasteiger partial charge in [0.2, 0.25) is 0 Å². The molecule has 0 aromatic rings. The predicted octanol–water partition coefficient (Wildman–Crippen LogP) is 0.512. The molecular formula is C12H20N2O4S. The van der Waals surface area contributed by atoms with Crippen molar-refractivity contribution in [3.05, 3.63) is 0 Å². The van der Waals surface area contributed by atoms with Gasteiger partial charge in [-0.05, 0) is 38.0 Å². The third-order valence-electron chi connectivity index (χ3n) is 4.78. The van der Waals surface area contributed by atoms with Crippen LogP contribution in [0.15, 0.2) is 0 Å². The zero-order valence-electron chi connectivity index (χ0n) is 10.9. The Morgan fingerprint density at radius 2 is 1.79 bits per heavy atom. The molecule has 2 aliphatic heterocycles. The molecule has 2 saturated heterocycles. The monoisotopic (exact) mass is 288 g/mol. The van der Waals surface area contributed by atoms with Crippen LogP contribution in [0, 0.1) is 11.8 Å². The highest BCUT2D eigenvalue weighted by Crippen LogP contribution is 2.40. The molecule has 2 heterocycles. The molecule has 7 heteroatoms. The van der Waals surface area contributed by atoms with Crippen LogP contribution in [0.3, 0.4) is 0 Å². The Morgan fingerprint density at radius 3 is 2.26 bits per heavy atom. The van der Waals surface area contributed by atoms with Crippen LogP contribution < -0.4 is 0 Å². The first-order valence-electron chi connectivity index (χ1n) is 6.98. The molecule has 2 unspecified atom stereocenters. The highest BCUT2D eigenvalue weighted by Gasteiger charge is 2.46. The first kappa shape index (κ1) is 13.3. The average molecular weight is 288 g/mol. The van der Waals surface area contributed by atoms with Gasteiger partial charge in [-0.2, -0.15) is 17.0 Å². The van der Waals surface area contributed by atoms with E-state index >= 15 is 0 Å². The molecule has 6 nitrogen and oxygen atoms in total. The maximum absolute atomic E-state index is 12.6. The van der Waals surface area contributed by atoms with Gasteiger partial charge in [0.25, 0.3) is 10.2 Å². The number of carboxylic acids is 1. The van der Waals surface area contributed by atoms with Crippen molar-refractivity contribution in [2.24, 2.45) is 11.8 Å². The maximum atomic E-state index is 12.6. The summed E-state index contributed by atoms with van der Waals surface area (Å²) in [5.41, 5.74) is 0. The van der Waals surface area contributed by atoms with Crippen molar-refractivity contribution in [1.29, 1.82) is 0 Å². The zero-order valence-corrected chi connectivity index (χ0v) is 11.7. The van der Waals surface area contributed by atoms with E-state index in [4.69, 9.17) is 5.11 Å². The van der Waals surface area contributed by atoms with Gasteiger partial charge in [-0.1, -0.05) is 0 Å². The first-order valence-corrected chi connectivity index (χ1v) is 8.38. The molecule has 0 amide bonds. The Kier molecular flexibility index (Phi) is 3.31. The number of hydrogen-bond acceptors (Lipinski definition) is 3. The minimum absolute atomic E-state index is 0.187. The molecule has 1 aliphatic carbocycles. The second kappa shape index (κ2) is 4.71. The van der Waals surface area contributed by atoms with E-state index in [1.165, 1.54) is 4.31 Å². The Balaban J connectivity index is 1.67. The molecule has 0 radical (unpaired) electrons. The molecule has 3 aliphatic rings. The van der Waals surface area contributed by atoms with E-state index < -0.39 is 16.2 Å². The Morgan fingerprint density at radius 1 is 1.11 bits per heavy atom. The van der Waals surface area contributed by atoms with Crippen molar-refractivity contribution >= 4 is 16.2 Å². The Labute approximate surface area is 113 Å². The third-order valence-corrected chi connectivity index (χ3v) is 6.84. The lowest BCUT2D eigenvalue weighted by molar-refractivity contribution is -0.142. The lowest BCUT2D eigenvalue weighted by Gasteiger charge is -2.35. The van der Waals surface area contributed by atoms with Crippen molar-refractivity contribution in [3.8, 4) is 0 Å². The summed E-state index contributed by atoms with van der Waals surface area (Å²) >= 11 is 0. The summed E-state index contributed by atoms with van der Waals surface area (Å²) in [5.74, 6) is -0.657. The van der Waals surface area contributed by atoms with Crippen molar-refractivity contribution < 1.29 is 18.3 Å². The lowest BCUT2D eigenvalue weighted by Crippen LogP contribution is -2.50. The number of nitrogens with zero attached hydrogens (tertiary/aromatic N) is 2. The fraction of sp³-hybridized carbons (Fsp3) is 0.917. The van der Waals surface area contributed by atoms with Gasteiger partial charge in [0.05, 0.1) is 5.92 Å². The summed E-state index contributed by atoms with van der Waals surface area (Å²) in [6.07, 6.45) is 3.99. The summed E-state index contributed by atoms with van der Waals surface area (Å²) < 4.78 is 28.3. The molecule has 108 valence electrons. The van der Waals surface area contributed by atoms with Crippen LogP contribution in [0.2, 0.25) is 0 Å². The number of aliphatic carboxylic acids is 1. The summed E-state index contributed by atoms with van der Waals surface area (Å²) in [7, 11) is -3.37. The summed E-state index contributed by atoms with van der Waals surface area (Å²) in [4.78, 5) is 10.9. The third kappa shape index (κ3) is 2.28. The van der Waals surface area contributed by atoms with Crippen molar-refractivity contribution in [1.82, 2.24) is 8.61 Å². The van der Waals surface area contributed by atoms with Gasteiger partial charge < -0.3 is 5.11 Å². The van der Waals surface area contributed by atoms with E-state index in [1.807, 2.05) is 0 Å². The van der Waals surface area contributed by atoms with Gasteiger partial charge in [-0.15, -0.1) is 0 Å². The molecule has 19 heavy (non-hydrogen) atoms. The molecular weight excluding hydrogens is 268 g/mol. The van der Waals surface area contributed by atoms with Gasteiger partial charge in [0, 0.05) is 25.7 Å². The van der Waals surface area contributed by atoms with E-state index in [-0.39, 0.29) is 12.0 Å². The number of carboxylic acid groups (broad SMARTS) is 1. The van der Waals surface area contributed by atoms with Crippen molar-refractivity contribution in [2.45, 2.75) is 38.1 Å². The van der Waals surface area contributed by atoms with E-state index in [9.17, 15) is 13.2 Å². The van der Waals surface area contributed by atoms with E-state index in [0.29, 0.717) is 38.4 Å². The minimum Gasteiger partial charge on any atom is -0.481 e. The number of carbonyl (C=O) groups is 1. The molecule has 2 bridgehead atoms. The first-order chi connectivity index (χ1) is 8.98. The number of hydrogen-bond donors (Lipinski definition) is 1. The maximum Gasteiger partial charge on any atom is 0.306 e. The molecule has 3 rings (SSSR count). The van der Waals surface area contributed by atoms with Crippen LogP contribution in [0.5, 0.6) is 0 Å². The van der Waals surface area contributed by atoms with Crippen molar-refractivity contribution in [3.63, 3.8) is 0 Å². The molecule has 0 aromatic carbocycles. The van der Waals surface area contributed by atoms with E-state index in [2.05, 4.69) is 0 Å². The minimum atomic E-state index is -3.37. The fourth-order valence-corrected chi connectivity index (χ4v) is 5.58. The molecule has 1 saturated carbocycles. The molecule has 1 N–H and O–H groups in total. The van der Waals surface area contributed by atoms with Gasteiger partial charge in [-0.25, -0.2) is 0 Å². The highest BCUT2D eigenvalue weighted by atomic mass is 32.2. The SMILES string of the molecule is O=C(O)C1CCN(S(=O)(=O)N2CC3CCC2C3)CC1. The largest absolute Gasteiger partial charge is 0.481 e. The summed E-state index contributed by atoms with van der Waals surface area (Å²) in [6.45, 7) is 1.34. The normalized spacial score (nSPS) is 33.9. The second-order valence-electron chi connectivity index (χ2n) is 5.92. The lowest BCUT2D eigenvalue weighted by atomic mass is 9.99. The number of fused-ring (bicyclic) bond motifs is 2. The summed E-state index contributed by atoms with van der Waals surface area (Å²) in [5, 5.41) is 8.95.